The van der Waals surface area contributed by atoms with Crippen LogP contribution in [-0.2, 0) is 11.3 Å². The van der Waals surface area contributed by atoms with E-state index < -0.39 is 0 Å². The fourth-order valence-corrected chi connectivity index (χ4v) is 2.95. The summed E-state index contributed by atoms with van der Waals surface area (Å²) in [7, 11) is 3.81. The van der Waals surface area contributed by atoms with Crippen LogP contribution in [0.3, 0.4) is 0 Å². The first-order chi connectivity index (χ1) is 11.7. The Morgan fingerprint density at radius 3 is 2.62 bits per heavy atom. The quantitative estimate of drug-likeness (QED) is 0.816. The smallest absolute Gasteiger partial charge is 0.161 e. The van der Waals surface area contributed by atoms with E-state index in [9.17, 15) is 0 Å². The molecule has 1 unspecified atom stereocenters. The van der Waals surface area contributed by atoms with Crippen molar-refractivity contribution in [2.24, 2.45) is 0 Å². The summed E-state index contributed by atoms with van der Waals surface area (Å²) in [5.74, 6) is 1.67. The van der Waals surface area contributed by atoms with Gasteiger partial charge in [0.25, 0.3) is 0 Å². The number of nitrogens with zero attached hydrogens (tertiary/aromatic N) is 2. The molecule has 3 rings (SSSR count). The molecule has 128 valence electrons. The van der Waals surface area contributed by atoms with Gasteiger partial charge in [-0.1, -0.05) is 6.07 Å². The molecule has 1 aliphatic heterocycles. The molecule has 0 spiro atoms. The predicted octanol–water partition coefficient (Wildman–Crippen LogP) is 2.98. The van der Waals surface area contributed by atoms with Crippen LogP contribution in [0.25, 0.3) is 0 Å². The first-order valence-corrected chi connectivity index (χ1v) is 8.18. The van der Waals surface area contributed by atoms with Gasteiger partial charge in [0.05, 0.1) is 18.3 Å². The van der Waals surface area contributed by atoms with Crippen molar-refractivity contribution in [3.05, 3.63) is 53.3 Å². The van der Waals surface area contributed by atoms with Gasteiger partial charge < -0.3 is 14.2 Å². The van der Waals surface area contributed by atoms with Crippen LogP contribution in [0.2, 0.25) is 0 Å². The van der Waals surface area contributed by atoms with E-state index in [1.54, 1.807) is 7.11 Å². The van der Waals surface area contributed by atoms with Crippen molar-refractivity contribution in [2.45, 2.75) is 19.5 Å². The Kier molecular flexibility index (Phi) is 5.33. The maximum absolute atomic E-state index is 5.71. The Morgan fingerprint density at radius 2 is 1.96 bits per heavy atom. The Morgan fingerprint density at radius 1 is 1.21 bits per heavy atom. The van der Waals surface area contributed by atoms with Crippen LogP contribution in [0.1, 0.15) is 22.9 Å². The Hall–Kier alpha value is -2.11. The van der Waals surface area contributed by atoms with Gasteiger partial charge in [-0.3, -0.25) is 9.88 Å². The maximum Gasteiger partial charge on any atom is 0.161 e. The van der Waals surface area contributed by atoms with Crippen molar-refractivity contribution in [1.82, 2.24) is 9.88 Å². The van der Waals surface area contributed by atoms with Gasteiger partial charge in [-0.15, -0.1) is 0 Å². The molecule has 1 aliphatic rings. The van der Waals surface area contributed by atoms with E-state index in [0.717, 1.165) is 23.7 Å². The second kappa shape index (κ2) is 7.64. The number of rotatable bonds is 6. The molecule has 0 amide bonds. The van der Waals surface area contributed by atoms with Gasteiger partial charge in [-0.05, 0) is 49.4 Å². The highest BCUT2D eigenvalue weighted by Gasteiger charge is 2.21. The highest BCUT2D eigenvalue weighted by Crippen LogP contribution is 2.34. The van der Waals surface area contributed by atoms with E-state index >= 15 is 0 Å². The number of pyridine rings is 1. The normalized spacial score (nSPS) is 14.7. The predicted molar refractivity (Wildman–Crippen MR) is 92.5 cm³/mol. The fraction of sp³-hybridized carbons (Fsp3) is 0.421. The standard InChI is InChI=1S/C19H24N2O3/c1-14-10-18-19(24-9-8-23-18)11-15(14)12-21(2)17(13-22-3)16-6-4-5-7-20-16/h4-7,10-11,17H,8-9,12-13H2,1-3H3. The molecular formula is C19H24N2O3. The van der Waals surface area contributed by atoms with Gasteiger partial charge in [0.1, 0.15) is 13.2 Å². The van der Waals surface area contributed by atoms with Crippen LogP contribution < -0.4 is 9.47 Å². The molecular weight excluding hydrogens is 304 g/mol. The monoisotopic (exact) mass is 328 g/mol. The van der Waals surface area contributed by atoms with Crippen molar-refractivity contribution in [3.63, 3.8) is 0 Å². The summed E-state index contributed by atoms with van der Waals surface area (Å²) < 4.78 is 16.8. The first kappa shape index (κ1) is 16.7. The fourth-order valence-electron chi connectivity index (χ4n) is 2.95. The minimum absolute atomic E-state index is 0.101. The van der Waals surface area contributed by atoms with Gasteiger partial charge >= 0.3 is 0 Å². The highest BCUT2D eigenvalue weighted by molar-refractivity contribution is 5.47. The molecule has 0 saturated carbocycles. The second-order valence-corrected chi connectivity index (χ2v) is 6.06. The Bertz CT molecular complexity index is 676. The number of fused-ring (bicyclic) bond motifs is 1. The first-order valence-electron chi connectivity index (χ1n) is 8.18. The summed E-state index contributed by atoms with van der Waals surface area (Å²) in [6.07, 6.45) is 1.82. The number of methoxy groups -OCH3 is 1. The van der Waals surface area contributed by atoms with Crippen LogP contribution in [0.15, 0.2) is 36.5 Å². The number of hydrogen-bond donors (Lipinski definition) is 0. The summed E-state index contributed by atoms with van der Waals surface area (Å²) in [5, 5.41) is 0. The molecule has 5 heteroatoms. The lowest BCUT2D eigenvalue weighted by Crippen LogP contribution is -2.28. The van der Waals surface area contributed by atoms with Gasteiger partial charge in [-0.2, -0.15) is 0 Å². The molecule has 0 fully saturated rings. The van der Waals surface area contributed by atoms with E-state index in [0.29, 0.717) is 19.8 Å². The second-order valence-electron chi connectivity index (χ2n) is 6.06. The molecule has 0 radical (unpaired) electrons. The molecule has 1 aromatic heterocycles. The van der Waals surface area contributed by atoms with Crippen molar-refractivity contribution >= 4 is 0 Å². The molecule has 24 heavy (non-hydrogen) atoms. The summed E-state index contributed by atoms with van der Waals surface area (Å²) in [5.41, 5.74) is 3.43. The topological polar surface area (TPSA) is 43.8 Å². The summed E-state index contributed by atoms with van der Waals surface area (Å²) in [6, 6.07) is 10.2. The van der Waals surface area contributed by atoms with Gasteiger partial charge in [0, 0.05) is 19.9 Å². The van der Waals surface area contributed by atoms with E-state index in [4.69, 9.17) is 14.2 Å². The lowest BCUT2D eigenvalue weighted by molar-refractivity contribution is 0.0997. The summed E-state index contributed by atoms with van der Waals surface area (Å²) in [4.78, 5) is 6.74. The Balaban J connectivity index is 1.81. The van der Waals surface area contributed by atoms with Gasteiger partial charge in [0.15, 0.2) is 11.5 Å². The Labute approximate surface area is 143 Å². The number of benzene rings is 1. The maximum atomic E-state index is 5.71. The van der Waals surface area contributed by atoms with E-state index in [2.05, 4.69) is 36.0 Å². The third-order valence-electron chi connectivity index (χ3n) is 4.31. The lowest BCUT2D eigenvalue weighted by Gasteiger charge is -2.28. The molecule has 5 nitrogen and oxygen atoms in total. The molecule has 1 atom stereocenters. The SMILES string of the molecule is COCC(c1ccccn1)N(C)Cc1cc2c(cc1C)OCCO2. The number of hydrogen-bond acceptors (Lipinski definition) is 5. The van der Waals surface area contributed by atoms with Crippen molar-refractivity contribution in [3.8, 4) is 11.5 Å². The zero-order valence-corrected chi connectivity index (χ0v) is 14.5. The minimum Gasteiger partial charge on any atom is -0.486 e. The largest absolute Gasteiger partial charge is 0.486 e. The molecule has 0 aliphatic carbocycles. The number of aromatic nitrogens is 1. The zero-order valence-electron chi connectivity index (χ0n) is 14.5. The lowest BCUT2D eigenvalue weighted by atomic mass is 10.1. The minimum atomic E-state index is 0.101. The molecule has 1 aromatic carbocycles. The van der Waals surface area contributed by atoms with Crippen molar-refractivity contribution < 1.29 is 14.2 Å². The van der Waals surface area contributed by atoms with E-state index in [-0.39, 0.29) is 6.04 Å². The van der Waals surface area contributed by atoms with Crippen LogP contribution in [0.4, 0.5) is 0 Å². The summed E-state index contributed by atoms with van der Waals surface area (Å²) in [6.45, 7) is 4.70. The van der Waals surface area contributed by atoms with Crippen LogP contribution in [0.5, 0.6) is 11.5 Å². The third kappa shape index (κ3) is 3.68. The molecule has 0 bridgehead atoms. The van der Waals surface area contributed by atoms with Gasteiger partial charge in [0.2, 0.25) is 0 Å². The molecule has 0 saturated heterocycles. The van der Waals surface area contributed by atoms with E-state index in [1.165, 1.54) is 11.1 Å². The van der Waals surface area contributed by atoms with E-state index in [1.807, 2.05) is 24.4 Å². The third-order valence-corrected chi connectivity index (χ3v) is 4.31. The summed E-state index contributed by atoms with van der Waals surface area (Å²) >= 11 is 0. The number of aryl methyl sites for hydroxylation is 1. The average molecular weight is 328 g/mol. The highest BCUT2D eigenvalue weighted by atomic mass is 16.6. The average Bonchev–Trinajstić information content (AvgIpc) is 2.61. The molecule has 0 N–H and O–H groups in total. The molecule has 2 aromatic rings. The number of likely N-dealkylation sites (N-methyl/N-ethyl adjacent to an activating group) is 1. The van der Waals surface area contributed by atoms with Crippen LogP contribution >= 0.6 is 0 Å². The van der Waals surface area contributed by atoms with Crippen molar-refractivity contribution in [2.75, 3.05) is 34.0 Å². The van der Waals surface area contributed by atoms with Crippen LogP contribution in [-0.4, -0.2) is 43.9 Å². The zero-order chi connectivity index (χ0) is 16.9. The number of ether oxygens (including phenoxy) is 3. The van der Waals surface area contributed by atoms with Crippen molar-refractivity contribution in [1.29, 1.82) is 0 Å². The molecule has 2 heterocycles. The van der Waals surface area contributed by atoms with Gasteiger partial charge in [-0.25, -0.2) is 0 Å². The van der Waals surface area contributed by atoms with Crippen LogP contribution in [0, 0.1) is 6.92 Å².